The van der Waals surface area contributed by atoms with Crippen LogP contribution in [0.1, 0.15) is 29.4 Å². The number of aromatic amines is 1. The van der Waals surface area contributed by atoms with Gasteiger partial charge < -0.3 is 10.7 Å². The normalized spacial score (nSPS) is 10.9. The largest absolute Gasteiger partial charge is 0.366 e. The van der Waals surface area contributed by atoms with Crippen molar-refractivity contribution >= 4 is 16.9 Å². The monoisotopic (exact) mass is 281 g/mol. The number of amides is 1. The number of nitrogens with zero attached hydrogens (tertiary/aromatic N) is 3. The maximum absolute atomic E-state index is 11.3. The lowest BCUT2D eigenvalue weighted by Crippen LogP contribution is -2.11. The van der Waals surface area contributed by atoms with Crippen LogP contribution in [0.4, 0.5) is 0 Å². The summed E-state index contributed by atoms with van der Waals surface area (Å²) in [7, 11) is 0. The number of aromatic nitrogens is 4. The molecule has 106 valence electrons. The lowest BCUT2D eigenvalue weighted by Gasteiger charge is -2.08. The van der Waals surface area contributed by atoms with Gasteiger partial charge in [0.25, 0.3) is 0 Å². The van der Waals surface area contributed by atoms with Crippen molar-refractivity contribution in [2.24, 2.45) is 5.73 Å². The van der Waals surface area contributed by atoms with E-state index in [0.29, 0.717) is 16.9 Å². The van der Waals surface area contributed by atoms with Crippen molar-refractivity contribution in [3.63, 3.8) is 0 Å². The van der Waals surface area contributed by atoms with Crippen molar-refractivity contribution < 1.29 is 4.79 Å². The third-order valence-corrected chi connectivity index (χ3v) is 3.23. The van der Waals surface area contributed by atoms with Crippen molar-refractivity contribution in [3.05, 3.63) is 41.9 Å². The number of fused-ring (bicyclic) bond motifs is 1. The maximum atomic E-state index is 11.3. The first-order chi connectivity index (χ1) is 10.2. The van der Waals surface area contributed by atoms with Gasteiger partial charge in [0.2, 0.25) is 5.91 Å². The molecule has 0 unspecified atom stereocenters. The number of primary amides is 1. The van der Waals surface area contributed by atoms with E-state index in [1.54, 1.807) is 30.6 Å². The van der Waals surface area contributed by atoms with E-state index in [1.165, 1.54) is 0 Å². The molecule has 0 saturated heterocycles. The minimum Gasteiger partial charge on any atom is -0.366 e. The summed E-state index contributed by atoms with van der Waals surface area (Å²) >= 11 is 0. The van der Waals surface area contributed by atoms with Crippen molar-refractivity contribution in [2.75, 3.05) is 0 Å². The summed E-state index contributed by atoms with van der Waals surface area (Å²) in [5, 5.41) is 0. The lowest BCUT2D eigenvalue weighted by atomic mass is 10.1. The van der Waals surface area contributed by atoms with Gasteiger partial charge in [-0.15, -0.1) is 0 Å². The van der Waals surface area contributed by atoms with Crippen LogP contribution in [-0.4, -0.2) is 25.8 Å². The van der Waals surface area contributed by atoms with Gasteiger partial charge in [-0.05, 0) is 24.6 Å². The minimum atomic E-state index is -0.476. The predicted molar refractivity (Wildman–Crippen MR) is 79.6 cm³/mol. The van der Waals surface area contributed by atoms with E-state index in [0.717, 1.165) is 29.7 Å². The second-order valence-corrected chi connectivity index (χ2v) is 4.77. The molecule has 0 spiro atoms. The van der Waals surface area contributed by atoms with Crippen LogP contribution >= 0.6 is 0 Å². The molecule has 6 nitrogen and oxygen atoms in total. The summed E-state index contributed by atoms with van der Waals surface area (Å²) in [5.41, 5.74) is 8.73. The molecule has 21 heavy (non-hydrogen) atoms. The zero-order chi connectivity index (χ0) is 14.8. The molecule has 6 heteroatoms. The number of carbonyl (C=O) groups excluding carboxylic acids is 1. The summed E-state index contributed by atoms with van der Waals surface area (Å²) in [6.07, 6.45) is 5.21. The SMILES string of the molecule is CCCc1nc2ccc(C(N)=O)cc2nc1-c1ncc[nH]1. The molecule has 0 bridgehead atoms. The van der Waals surface area contributed by atoms with Gasteiger partial charge in [-0.1, -0.05) is 13.3 Å². The number of carbonyl (C=O) groups is 1. The van der Waals surface area contributed by atoms with Crippen molar-refractivity contribution in [2.45, 2.75) is 19.8 Å². The van der Waals surface area contributed by atoms with Gasteiger partial charge in [0.1, 0.15) is 5.69 Å². The number of benzene rings is 1. The van der Waals surface area contributed by atoms with E-state index in [2.05, 4.69) is 26.9 Å². The Hall–Kier alpha value is -2.76. The molecule has 3 N–H and O–H groups in total. The number of imidazole rings is 1. The Bertz CT molecular complexity index is 795. The topological polar surface area (TPSA) is 97.6 Å². The number of rotatable bonds is 4. The molecular formula is C15H15N5O. The van der Waals surface area contributed by atoms with Crippen LogP contribution in [0.25, 0.3) is 22.6 Å². The highest BCUT2D eigenvalue weighted by Crippen LogP contribution is 2.22. The van der Waals surface area contributed by atoms with Crippen LogP contribution in [0.2, 0.25) is 0 Å². The smallest absolute Gasteiger partial charge is 0.248 e. The molecule has 0 atom stereocenters. The number of H-pyrrole nitrogens is 1. The summed E-state index contributed by atoms with van der Waals surface area (Å²) in [6, 6.07) is 5.10. The Morgan fingerprint density at radius 2 is 2.14 bits per heavy atom. The highest BCUT2D eigenvalue weighted by molar-refractivity contribution is 5.96. The van der Waals surface area contributed by atoms with E-state index < -0.39 is 5.91 Å². The molecule has 1 amide bonds. The first-order valence-electron chi connectivity index (χ1n) is 6.79. The molecule has 2 aromatic heterocycles. The molecular weight excluding hydrogens is 266 g/mol. The zero-order valence-corrected chi connectivity index (χ0v) is 11.6. The second kappa shape index (κ2) is 5.32. The van der Waals surface area contributed by atoms with Gasteiger partial charge in [0.05, 0.1) is 16.7 Å². The highest BCUT2D eigenvalue weighted by Gasteiger charge is 2.13. The van der Waals surface area contributed by atoms with Crippen molar-refractivity contribution in [3.8, 4) is 11.5 Å². The fourth-order valence-corrected chi connectivity index (χ4v) is 2.24. The van der Waals surface area contributed by atoms with E-state index in [4.69, 9.17) is 5.73 Å². The molecule has 3 rings (SSSR count). The number of aryl methyl sites for hydroxylation is 1. The summed E-state index contributed by atoms with van der Waals surface area (Å²) in [6.45, 7) is 2.09. The van der Waals surface area contributed by atoms with Gasteiger partial charge in [-0.3, -0.25) is 4.79 Å². The second-order valence-electron chi connectivity index (χ2n) is 4.77. The van der Waals surface area contributed by atoms with Crippen molar-refractivity contribution in [1.29, 1.82) is 0 Å². The Morgan fingerprint density at radius 3 is 2.81 bits per heavy atom. The van der Waals surface area contributed by atoms with Crippen LogP contribution in [0.3, 0.4) is 0 Å². The van der Waals surface area contributed by atoms with Crippen LogP contribution in [0, 0.1) is 0 Å². The Labute approximate surface area is 121 Å². The lowest BCUT2D eigenvalue weighted by molar-refractivity contribution is 0.100. The minimum absolute atomic E-state index is 0.422. The fourth-order valence-electron chi connectivity index (χ4n) is 2.24. The third kappa shape index (κ3) is 2.47. The average molecular weight is 281 g/mol. The number of hydrogen-bond acceptors (Lipinski definition) is 4. The highest BCUT2D eigenvalue weighted by atomic mass is 16.1. The number of nitrogens with two attached hydrogens (primary N) is 1. The zero-order valence-electron chi connectivity index (χ0n) is 11.6. The van der Waals surface area contributed by atoms with E-state index in [9.17, 15) is 4.79 Å². The molecule has 0 aliphatic carbocycles. The molecule has 0 saturated carbocycles. The Balaban J connectivity index is 2.23. The first kappa shape index (κ1) is 13.2. The summed E-state index contributed by atoms with van der Waals surface area (Å²) in [5.74, 6) is 0.202. The van der Waals surface area contributed by atoms with Crippen LogP contribution in [-0.2, 0) is 6.42 Å². The molecule has 0 aliphatic heterocycles. The first-order valence-corrected chi connectivity index (χ1v) is 6.79. The quantitative estimate of drug-likeness (QED) is 0.764. The average Bonchev–Trinajstić information content (AvgIpc) is 3.00. The molecule has 0 radical (unpaired) electrons. The maximum Gasteiger partial charge on any atom is 0.248 e. The van der Waals surface area contributed by atoms with Gasteiger partial charge in [-0.25, -0.2) is 15.0 Å². The Kier molecular flexibility index (Phi) is 3.35. The van der Waals surface area contributed by atoms with Gasteiger partial charge in [0.15, 0.2) is 5.82 Å². The standard InChI is InChI=1S/C15H15N5O/c1-2-3-11-13(15-17-6-7-18-15)20-12-8-9(14(16)21)4-5-10(12)19-11/h4-8H,2-3H2,1H3,(H2,16,21)(H,17,18). The van der Waals surface area contributed by atoms with Crippen LogP contribution < -0.4 is 5.73 Å². The van der Waals surface area contributed by atoms with Gasteiger partial charge in [0, 0.05) is 18.0 Å². The third-order valence-electron chi connectivity index (χ3n) is 3.23. The predicted octanol–water partition coefficient (Wildman–Crippen LogP) is 2.07. The summed E-state index contributed by atoms with van der Waals surface area (Å²) < 4.78 is 0. The molecule has 0 aliphatic rings. The molecule has 3 aromatic rings. The fraction of sp³-hybridized carbons (Fsp3) is 0.200. The van der Waals surface area contributed by atoms with Crippen LogP contribution in [0.15, 0.2) is 30.6 Å². The van der Waals surface area contributed by atoms with Crippen LogP contribution in [0.5, 0.6) is 0 Å². The van der Waals surface area contributed by atoms with E-state index in [-0.39, 0.29) is 0 Å². The van der Waals surface area contributed by atoms with E-state index >= 15 is 0 Å². The molecule has 0 fully saturated rings. The number of nitrogens with one attached hydrogen (secondary N) is 1. The van der Waals surface area contributed by atoms with Gasteiger partial charge >= 0.3 is 0 Å². The van der Waals surface area contributed by atoms with Crippen molar-refractivity contribution in [1.82, 2.24) is 19.9 Å². The Morgan fingerprint density at radius 1 is 1.29 bits per heavy atom. The molecule has 1 aromatic carbocycles. The van der Waals surface area contributed by atoms with E-state index in [1.807, 2.05) is 0 Å². The van der Waals surface area contributed by atoms with Gasteiger partial charge in [-0.2, -0.15) is 0 Å². The number of hydrogen-bond donors (Lipinski definition) is 2. The summed E-state index contributed by atoms with van der Waals surface area (Å²) in [4.78, 5) is 27.8. The molecule has 2 heterocycles.